The maximum absolute atomic E-state index is 11.5. The van der Waals surface area contributed by atoms with Gasteiger partial charge in [0.05, 0.1) is 35.4 Å². The fourth-order valence-electron chi connectivity index (χ4n) is 2.63. The fraction of sp³-hybridized carbons (Fsp3) is 0.111. The first kappa shape index (κ1) is 15.8. The van der Waals surface area contributed by atoms with Gasteiger partial charge in [0.25, 0.3) is 0 Å². The molecule has 1 N–H and O–H groups in total. The average Bonchev–Trinajstić information content (AvgIpc) is 3.02. The number of carbonyl (C=O) groups is 1. The van der Waals surface area contributed by atoms with E-state index in [9.17, 15) is 4.79 Å². The van der Waals surface area contributed by atoms with Crippen molar-refractivity contribution in [3.8, 4) is 17.5 Å². The molecule has 0 spiro atoms. The van der Waals surface area contributed by atoms with Gasteiger partial charge in [-0.2, -0.15) is 0 Å². The second-order valence-electron chi connectivity index (χ2n) is 5.30. The van der Waals surface area contributed by atoms with Gasteiger partial charge in [0, 0.05) is 23.8 Å². The lowest BCUT2D eigenvalue weighted by Crippen LogP contribution is -2.10. The van der Waals surface area contributed by atoms with E-state index in [1.165, 1.54) is 6.20 Å². The summed E-state index contributed by atoms with van der Waals surface area (Å²) in [4.78, 5) is 27.0. The molecule has 0 aliphatic heterocycles. The van der Waals surface area contributed by atoms with Gasteiger partial charge < -0.3 is 19.2 Å². The van der Waals surface area contributed by atoms with E-state index < -0.39 is 6.16 Å². The molecule has 8 nitrogen and oxygen atoms in total. The molecule has 0 radical (unpaired) electrons. The molecule has 4 aromatic rings. The number of fused-ring (bicyclic) bond motifs is 3. The van der Waals surface area contributed by atoms with E-state index in [1.54, 1.807) is 31.6 Å². The van der Waals surface area contributed by atoms with Gasteiger partial charge in [0.15, 0.2) is 0 Å². The molecule has 1 aromatic carbocycles. The third-order valence-corrected chi connectivity index (χ3v) is 3.65. The molecule has 3 heterocycles. The first-order valence-electron chi connectivity index (χ1n) is 7.93. The predicted octanol–water partition coefficient (Wildman–Crippen LogP) is 3.83. The van der Waals surface area contributed by atoms with Gasteiger partial charge in [0.1, 0.15) is 5.75 Å². The maximum Gasteiger partial charge on any atom is 0.515 e. The predicted molar refractivity (Wildman–Crippen MR) is 93.4 cm³/mol. The minimum atomic E-state index is -0.796. The summed E-state index contributed by atoms with van der Waals surface area (Å²) in [5.41, 5.74) is 1.64. The second kappa shape index (κ2) is 6.67. The van der Waals surface area contributed by atoms with E-state index >= 15 is 0 Å². The number of carbonyl (C=O) groups excluding carboxylic acids is 1. The Balaban J connectivity index is 1.79. The van der Waals surface area contributed by atoms with Crippen molar-refractivity contribution in [3.63, 3.8) is 0 Å². The second-order valence-corrected chi connectivity index (χ2v) is 5.30. The number of nitrogens with zero attached hydrogens (tertiary/aromatic N) is 3. The first-order valence-corrected chi connectivity index (χ1v) is 7.93. The van der Waals surface area contributed by atoms with Crippen molar-refractivity contribution >= 4 is 28.0 Å². The van der Waals surface area contributed by atoms with Crippen molar-refractivity contribution in [1.29, 1.82) is 0 Å². The van der Waals surface area contributed by atoms with Crippen molar-refractivity contribution in [2.45, 2.75) is 6.92 Å². The van der Waals surface area contributed by atoms with Gasteiger partial charge in [-0.3, -0.25) is 4.98 Å². The van der Waals surface area contributed by atoms with Crippen LogP contribution in [0.2, 0.25) is 0 Å². The Hall–Kier alpha value is -3.68. The number of benzene rings is 1. The van der Waals surface area contributed by atoms with Crippen LogP contribution in [-0.4, -0.2) is 32.7 Å². The van der Waals surface area contributed by atoms with Crippen LogP contribution in [0.3, 0.4) is 0 Å². The lowest BCUT2D eigenvalue weighted by Gasteiger charge is -2.06. The Morgan fingerprint density at radius 3 is 2.85 bits per heavy atom. The Morgan fingerprint density at radius 1 is 1.12 bits per heavy atom. The van der Waals surface area contributed by atoms with E-state index in [4.69, 9.17) is 14.2 Å². The zero-order valence-electron chi connectivity index (χ0n) is 13.8. The van der Waals surface area contributed by atoms with Crippen LogP contribution in [0.15, 0.2) is 49.1 Å². The molecule has 26 heavy (non-hydrogen) atoms. The topological polar surface area (TPSA) is 99.2 Å². The van der Waals surface area contributed by atoms with E-state index in [2.05, 4.69) is 19.9 Å². The highest BCUT2D eigenvalue weighted by atomic mass is 16.7. The number of ether oxygens (including phenoxy) is 3. The van der Waals surface area contributed by atoms with Gasteiger partial charge >= 0.3 is 6.16 Å². The number of nitrogens with one attached hydrogen (secondary N) is 1. The molecule has 0 aliphatic rings. The van der Waals surface area contributed by atoms with Gasteiger partial charge in [-0.1, -0.05) is 6.07 Å². The molecule has 4 rings (SSSR count). The molecular formula is C18H14N4O4. The molecule has 3 aromatic heterocycles. The third-order valence-electron chi connectivity index (χ3n) is 3.65. The Morgan fingerprint density at radius 2 is 2.04 bits per heavy atom. The van der Waals surface area contributed by atoms with Crippen LogP contribution in [0, 0.1) is 0 Å². The van der Waals surface area contributed by atoms with Crippen molar-refractivity contribution in [2.75, 3.05) is 6.61 Å². The monoisotopic (exact) mass is 350 g/mol. The molecule has 0 atom stereocenters. The Bertz CT molecular complexity index is 1080. The first-order chi connectivity index (χ1) is 12.7. The molecule has 0 saturated carbocycles. The van der Waals surface area contributed by atoms with Crippen LogP contribution >= 0.6 is 0 Å². The summed E-state index contributed by atoms with van der Waals surface area (Å²) in [5, 5.41) is 1.62. The summed E-state index contributed by atoms with van der Waals surface area (Å²) >= 11 is 0. The fourth-order valence-corrected chi connectivity index (χ4v) is 2.63. The van der Waals surface area contributed by atoms with Gasteiger partial charge in [-0.25, -0.2) is 14.8 Å². The van der Waals surface area contributed by atoms with Crippen LogP contribution in [0.1, 0.15) is 6.92 Å². The third kappa shape index (κ3) is 3.00. The summed E-state index contributed by atoms with van der Waals surface area (Å²) in [6, 6.07) is 7.28. The number of rotatable bonds is 4. The number of hydrogen-bond donors (Lipinski definition) is 1. The standard InChI is InChI=1S/C18H14N4O4/c1-2-24-18(23)26-15-8-11-13(9-21-15)22-12-4-3-5-14(17(11)12)25-16-10-19-6-7-20-16/h3-10,22H,2H2,1H3. The van der Waals surface area contributed by atoms with Gasteiger partial charge in [-0.05, 0) is 19.1 Å². The summed E-state index contributed by atoms with van der Waals surface area (Å²) in [7, 11) is 0. The van der Waals surface area contributed by atoms with E-state index in [-0.39, 0.29) is 12.5 Å². The van der Waals surface area contributed by atoms with Crippen LogP contribution in [0.4, 0.5) is 4.79 Å². The summed E-state index contributed by atoms with van der Waals surface area (Å²) < 4.78 is 15.7. The Labute approximate surface area is 147 Å². The number of aromatic nitrogens is 4. The highest BCUT2D eigenvalue weighted by Gasteiger charge is 2.14. The zero-order valence-corrected chi connectivity index (χ0v) is 13.8. The largest absolute Gasteiger partial charge is 0.515 e. The highest BCUT2D eigenvalue weighted by molar-refractivity contribution is 6.10. The van der Waals surface area contributed by atoms with Crippen LogP contribution in [-0.2, 0) is 4.74 Å². The SMILES string of the molecule is CCOC(=O)Oc1cc2c(cn1)[nH]c1cccc(Oc3cnccn3)c12. The molecule has 0 fully saturated rings. The lowest BCUT2D eigenvalue weighted by molar-refractivity contribution is 0.103. The minimum Gasteiger partial charge on any atom is -0.437 e. The Kier molecular flexibility index (Phi) is 4.06. The molecule has 8 heteroatoms. The molecular weight excluding hydrogens is 336 g/mol. The van der Waals surface area contributed by atoms with Crippen LogP contribution in [0.25, 0.3) is 21.8 Å². The minimum absolute atomic E-state index is 0.145. The van der Waals surface area contributed by atoms with Gasteiger partial charge in [0.2, 0.25) is 11.8 Å². The summed E-state index contributed by atoms with van der Waals surface area (Å²) in [6.45, 7) is 1.93. The number of H-pyrrole nitrogens is 1. The number of hydrogen-bond acceptors (Lipinski definition) is 7. The molecule has 130 valence electrons. The van der Waals surface area contributed by atoms with Gasteiger partial charge in [-0.15, -0.1) is 0 Å². The molecule has 0 bridgehead atoms. The van der Waals surface area contributed by atoms with E-state index in [0.29, 0.717) is 11.6 Å². The summed E-state index contributed by atoms with van der Waals surface area (Å²) in [5.74, 6) is 1.13. The molecule has 0 aliphatic carbocycles. The van der Waals surface area contributed by atoms with Crippen molar-refractivity contribution < 1.29 is 19.0 Å². The summed E-state index contributed by atoms with van der Waals surface area (Å²) in [6.07, 6.45) is 5.46. The molecule has 0 unspecified atom stereocenters. The smallest absolute Gasteiger partial charge is 0.437 e. The van der Waals surface area contributed by atoms with E-state index in [0.717, 1.165) is 21.8 Å². The highest BCUT2D eigenvalue weighted by Crippen LogP contribution is 2.35. The lowest BCUT2D eigenvalue weighted by atomic mass is 10.1. The van der Waals surface area contributed by atoms with Crippen LogP contribution in [0.5, 0.6) is 17.5 Å². The number of pyridine rings is 1. The van der Waals surface area contributed by atoms with Crippen molar-refractivity contribution in [2.24, 2.45) is 0 Å². The molecule has 0 saturated heterocycles. The van der Waals surface area contributed by atoms with E-state index in [1.807, 2.05) is 18.2 Å². The van der Waals surface area contributed by atoms with Crippen LogP contribution < -0.4 is 9.47 Å². The quantitative estimate of drug-likeness (QED) is 0.558. The average molecular weight is 350 g/mol. The van der Waals surface area contributed by atoms with Crippen molar-refractivity contribution in [1.82, 2.24) is 19.9 Å². The number of aromatic amines is 1. The zero-order chi connectivity index (χ0) is 17.9. The maximum atomic E-state index is 11.5. The molecule has 0 amide bonds. The normalized spacial score (nSPS) is 10.8. The van der Waals surface area contributed by atoms with Crippen molar-refractivity contribution in [3.05, 3.63) is 49.1 Å².